The first-order valence-electron chi connectivity index (χ1n) is 6.77. The van der Waals surface area contributed by atoms with Crippen molar-refractivity contribution in [1.29, 1.82) is 0 Å². The molecule has 0 aromatic rings. The van der Waals surface area contributed by atoms with Crippen molar-refractivity contribution in [2.45, 2.75) is 45.2 Å². The summed E-state index contributed by atoms with van der Waals surface area (Å²) >= 11 is 1.27. The highest BCUT2D eigenvalue weighted by atomic mass is 32.2. The smallest absolute Gasteiger partial charge is 0.321 e. The van der Waals surface area contributed by atoms with Crippen molar-refractivity contribution in [3.05, 3.63) is 0 Å². The zero-order chi connectivity index (χ0) is 14.4. The number of aliphatic carboxylic acids is 1. The zero-order valence-corrected chi connectivity index (χ0v) is 12.4. The number of hydrogen-bond acceptors (Lipinski definition) is 4. The molecule has 1 aliphatic carbocycles. The minimum absolute atomic E-state index is 0.0199. The predicted octanol–water partition coefficient (Wildman–Crippen LogP) is 1.07. The van der Waals surface area contributed by atoms with E-state index in [0.717, 1.165) is 12.8 Å². The molecule has 0 saturated heterocycles. The van der Waals surface area contributed by atoms with Crippen molar-refractivity contribution in [3.8, 4) is 0 Å². The van der Waals surface area contributed by atoms with Crippen LogP contribution in [0, 0.1) is 11.8 Å². The average Bonchev–Trinajstić information content (AvgIpc) is 2.34. The molecule has 1 aliphatic rings. The van der Waals surface area contributed by atoms with Crippen LogP contribution in [0.3, 0.4) is 0 Å². The van der Waals surface area contributed by atoms with Gasteiger partial charge in [0.1, 0.15) is 6.04 Å². The minimum atomic E-state index is -1.03. The normalized spacial score (nSPS) is 28.7. The number of carbonyl (C=O) groups excluding carboxylic acids is 1. The van der Waals surface area contributed by atoms with Gasteiger partial charge in [0, 0.05) is 11.8 Å². The van der Waals surface area contributed by atoms with Gasteiger partial charge in [-0.15, -0.1) is 11.8 Å². The summed E-state index contributed by atoms with van der Waals surface area (Å²) in [5.41, 5.74) is 5.38. The topological polar surface area (TPSA) is 92.4 Å². The number of nitrogens with one attached hydrogen (secondary N) is 1. The Morgan fingerprint density at radius 3 is 2.74 bits per heavy atom. The summed E-state index contributed by atoms with van der Waals surface area (Å²) in [4.78, 5) is 22.3. The lowest BCUT2D eigenvalue weighted by molar-refractivity contribution is -0.138. The third-order valence-electron chi connectivity index (χ3n) is 3.90. The maximum Gasteiger partial charge on any atom is 0.321 e. The van der Waals surface area contributed by atoms with Gasteiger partial charge in [0.2, 0.25) is 5.91 Å². The molecule has 6 heteroatoms. The van der Waals surface area contributed by atoms with E-state index >= 15 is 0 Å². The molecule has 1 amide bonds. The fraction of sp³-hybridized carbons (Fsp3) is 0.846. The van der Waals surface area contributed by atoms with Gasteiger partial charge in [0.15, 0.2) is 0 Å². The Balaban J connectivity index is 2.25. The molecule has 1 saturated carbocycles. The second-order valence-electron chi connectivity index (χ2n) is 5.40. The van der Waals surface area contributed by atoms with Crippen molar-refractivity contribution in [2.75, 3.05) is 11.5 Å². The number of nitrogens with two attached hydrogens (primary N) is 1. The molecule has 0 bridgehead atoms. The molecule has 0 aromatic heterocycles. The number of carboxylic acids is 1. The average molecular weight is 288 g/mol. The van der Waals surface area contributed by atoms with Crippen LogP contribution in [0.4, 0.5) is 0 Å². The quantitative estimate of drug-likeness (QED) is 0.680. The van der Waals surface area contributed by atoms with Gasteiger partial charge in [0.05, 0.1) is 5.75 Å². The summed E-state index contributed by atoms with van der Waals surface area (Å²) in [6, 6.07) is -0.642. The molecule has 0 spiro atoms. The molecule has 0 aliphatic heterocycles. The van der Waals surface area contributed by atoms with Crippen molar-refractivity contribution in [3.63, 3.8) is 0 Å². The van der Waals surface area contributed by atoms with Crippen molar-refractivity contribution in [1.82, 2.24) is 5.32 Å². The number of carboxylic acid groups (broad SMARTS) is 1. The van der Waals surface area contributed by atoms with Crippen LogP contribution < -0.4 is 11.1 Å². The van der Waals surface area contributed by atoms with E-state index in [0.29, 0.717) is 11.8 Å². The van der Waals surface area contributed by atoms with Crippen molar-refractivity contribution >= 4 is 23.6 Å². The van der Waals surface area contributed by atoms with Gasteiger partial charge in [-0.05, 0) is 18.3 Å². The number of thioether (sulfide) groups is 1. The van der Waals surface area contributed by atoms with Crippen LogP contribution in [0.5, 0.6) is 0 Å². The number of hydrogen-bond donors (Lipinski definition) is 3. The second-order valence-corrected chi connectivity index (χ2v) is 6.43. The Labute approximate surface area is 118 Å². The first-order valence-corrected chi connectivity index (χ1v) is 7.92. The van der Waals surface area contributed by atoms with Crippen LogP contribution in [0.2, 0.25) is 0 Å². The van der Waals surface area contributed by atoms with Crippen LogP contribution in [0.1, 0.15) is 33.1 Å². The first kappa shape index (κ1) is 16.3. The molecule has 19 heavy (non-hydrogen) atoms. The van der Waals surface area contributed by atoms with Crippen LogP contribution in [0.15, 0.2) is 0 Å². The van der Waals surface area contributed by atoms with E-state index in [-0.39, 0.29) is 23.5 Å². The molecular weight excluding hydrogens is 264 g/mol. The van der Waals surface area contributed by atoms with Crippen LogP contribution in [0.25, 0.3) is 0 Å². The van der Waals surface area contributed by atoms with Gasteiger partial charge < -0.3 is 16.2 Å². The molecule has 3 unspecified atom stereocenters. The van der Waals surface area contributed by atoms with Crippen molar-refractivity contribution in [2.24, 2.45) is 17.6 Å². The number of amides is 1. The maximum absolute atomic E-state index is 11.8. The van der Waals surface area contributed by atoms with Gasteiger partial charge in [-0.2, -0.15) is 0 Å². The first-order chi connectivity index (χ1) is 8.91. The van der Waals surface area contributed by atoms with E-state index in [4.69, 9.17) is 10.8 Å². The largest absolute Gasteiger partial charge is 0.480 e. The molecule has 5 nitrogen and oxygen atoms in total. The summed E-state index contributed by atoms with van der Waals surface area (Å²) < 4.78 is 0. The fourth-order valence-electron chi connectivity index (χ4n) is 2.38. The summed E-state index contributed by atoms with van der Waals surface area (Å²) in [5.74, 6) is 0.644. The molecule has 110 valence electrons. The minimum Gasteiger partial charge on any atom is -0.480 e. The molecule has 1 fully saturated rings. The third kappa shape index (κ3) is 5.40. The van der Waals surface area contributed by atoms with Gasteiger partial charge in [-0.3, -0.25) is 9.59 Å². The molecule has 1 rings (SSSR count). The lowest BCUT2D eigenvalue weighted by Crippen LogP contribution is -2.44. The van der Waals surface area contributed by atoms with Gasteiger partial charge >= 0.3 is 5.97 Å². The Kier molecular flexibility index (Phi) is 6.65. The summed E-state index contributed by atoms with van der Waals surface area (Å²) in [5, 5.41) is 11.7. The van der Waals surface area contributed by atoms with E-state index < -0.39 is 12.0 Å². The highest BCUT2D eigenvalue weighted by Crippen LogP contribution is 2.29. The molecule has 0 radical (unpaired) electrons. The van der Waals surface area contributed by atoms with E-state index in [2.05, 4.69) is 19.2 Å². The van der Waals surface area contributed by atoms with E-state index in [1.54, 1.807) is 0 Å². The Morgan fingerprint density at radius 1 is 1.42 bits per heavy atom. The fourth-order valence-corrected chi connectivity index (χ4v) is 3.17. The Morgan fingerprint density at radius 2 is 2.11 bits per heavy atom. The van der Waals surface area contributed by atoms with E-state index in [1.165, 1.54) is 18.2 Å². The molecule has 4 atom stereocenters. The highest BCUT2D eigenvalue weighted by molar-refractivity contribution is 8.00. The summed E-state index contributed by atoms with van der Waals surface area (Å²) in [7, 11) is 0. The van der Waals surface area contributed by atoms with Gasteiger partial charge in [-0.1, -0.05) is 26.7 Å². The molecule has 0 heterocycles. The second kappa shape index (κ2) is 7.75. The lowest BCUT2D eigenvalue weighted by Gasteiger charge is -2.34. The van der Waals surface area contributed by atoms with Crippen LogP contribution in [-0.4, -0.2) is 40.6 Å². The predicted molar refractivity (Wildman–Crippen MR) is 77.0 cm³/mol. The standard InChI is InChI=1S/C13H24N2O3S/c1-8-4-3-5-11(9(8)2)15-12(16)7-19-6-10(14)13(17)18/h8-11H,3-7,14H2,1-2H3,(H,15,16)(H,17,18)/t8?,9?,10-,11?/m0/s1. The molecule has 4 N–H and O–H groups in total. The van der Waals surface area contributed by atoms with Gasteiger partial charge in [-0.25, -0.2) is 0 Å². The van der Waals surface area contributed by atoms with E-state index in [9.17, 15) is 9.59 Å². The number of rotatable bonds is 6. The monoisotopic (exact) mass is 288 g/mol. The number of carbonyl (C=O) groups is 2. The van der Waals surface area contributed by atoms with Crippen LogP contribution >= 0.6 is 11.8 Å². The summed E-state index contributed by atoms with van der Waals surface area (Å²) in [6.07, 6.45) is 3.43. The lowest BCUT2D eigenvalue weighted by atomic mass is 9.78. The summed E-state index contributed by atoms with van der Waals surface area (Å²) in [6.45, 7) is 4.41. The Bertz CT molecular complexity index is 325. The van der Waals surface area contributed by atoms with Gasteiger partial charge in [0.25, 0.3) is 0 Å². The van der Waals surface area contributed by atoms with E-state index in [1.807, 2.05) is 0 Å². The molecular formula is C13H24N2O3S. The van der Waals surface area contributed by atoms with Crippen molar-refractivity contribution < 1.29 is 14.7 Å². The van der Waals surface area contributed by atoms with Crippen LogP contribution in [-0.2, 0) is 9.59 Å². The highest BCUT2D eigenvalue weighted by Gasteiger charge is 2.28. The molecule has 0 aromatic carbocycles. The SMILES string of the molecule is CC1CCCC(NC(=O)CSC[C@H](N)C(=O)O)C1C. The zero-order valence-electron chi connectivity index (χ0n) is 11.6. The maximum atomic E-state index is 11.8. The Hall–Kier alpha value is -0.750. The third-order valence-corrected chi connectivity index (χ3v) is 4.96.